The maximum Gasteiger partial charge on any atom is 0.231 e. The number of hydrazine groups is 2. The van der Waals surface area contributed by atoms with Gasteiger partial charge in [0, 0.05) is 11.8 Å². The largest absolute Gasteiger partial charge is 0.324 e. The van der Waals surface area contributed by atoms with Gasteiger partial charge < -0.3 is 16.2 Å². The van der Waals surface area contributed by atoms with Crippen LogP contribution in [0.25, 0.3) is 0 Å². The zero-order chi connectivity index (χ0) is 12.1. The average Bonchev–Trinajstić information content (AvgIpc) is 2.39. The Morgan fingerprint density at radius 1 is 0.882 bits per heavy atom. The molecule has 1 heterocycles. The van der Waals surface area contributed by atoms with Gasteiger partial charge in [0.25, 0.3) is 0 Å². The first kappa shape index (κ1) is 11.1. The van der Waals surface area contributed by atoms with Crippen molar-refractivity contribution in [1.29, 1.82) is 0 Å². The summed E-state index contributed by atoms with van der Waals surface area (Å²) in [6.45, 7) is 0. The van der Waals surface area contributed by atoms with Crippen molar-refractivity contribution in [3.8, 4) is 0 Å². The Labute approximate surface area is 98.2 Å². The zero-order valence-corrected chi connectivity index (χ0v) is 9.01. The molecule has 0 spiro atoms. The van der Waals surface area contributed by atoms with E-state index in [-0.39, 0.29) is 0 Å². The lowest BCUT2D eigenvalue weighted by atomic mass is 10.3. The van der Waals surface area contributed by atoms with E-state index in [1.165, 1.54) is 0 Å². The Balaban J connectivity index is 2.26. The van der Waals surface area contributed by atoms with Crippen LogP contribution in [-0.2, 0) is 0 Å². The molecule has 0 fully saturated rings. The van der Waals surface area contributed by atoms with Crippen molar-refractivity contribution in [2.45, 2.75) is 0 Å². The van der Waals surface area contributed by atoms with E-state index in [1.54, 1.807) is 6.07 Å². The van der Waals surface area contributed by atoms with E-state index in [4.69, 9.17) is 11.7 Å². The molecule has 0 aliphatic rings. The Bertz CT molecular complexity index is 463. The molecule has 88 valence electrons. The number of rotatable bonds is 4. The lowest BCUT2D eigenvalue weighted by Crippen LogP contribution is -2.14. The second-order valence-electron chi connectivity index (χ2n) is 3.24. The summed E-state index contributed by atoms with van der Waals surface area (Å²) in [5.74, 6) is 11.9. The van der Waals surface area contributed by atoms with Gasteiger partial charge in [-0.1, -0.05) is 18.2 Å². The van der Waals surface area contributed by atoms with Crippen molar-refractivity contribution < 1.29 is 0 Å². The van der Waals surface area contributed by atoms with Crippen LogP contribution in [0.3, 0.4) is 0 Å². The first-order valence-electron chi connectivity index (χ1n) is 4.96. The molecule has 7 heteroatoms. The fourth-order valence-electron chi connectivity index (χ4n) is 1.30. The molecule has 0 amide bonds. The number of aromatic nitrogens is 2. The van der Waals surface area contributed by atoms with Crippen LogP contribution in [0.1, 0.15) is 0 Å². The van der Waals surface area contributed by atoms with Crippen LogP contribution in [-0.4, -0.2) is 9.97 Å². The third-order valence-corrected chi connectivity index (χ3v) is 2.05. The first-order valence-corrected chi connectivity index (χ1v) is 4.96. The van der Waals surface area contributed by atoms with Crippen molar-refractivity contribution >= 4 is 23.3 Å². The smallest absolute Gasteiger partial charge is 0.231 e. The van der Waals surface area contributed by atoms with Crippen LogP contribution in [0, 0.1) is 0 Å². The maximum absolute atomic E-state index is 5.30. The van der Waals surface area contributed by atoms with Gasteiger partial charge >= 0.3 is 0 Å². The fourth-order valence-corrected chi connectivity index (χ4v) is 1.30. The Morgan fingerprint density at radius 3 is 2.00 bits per heavy atom. The number of nitrogens with zero attached hydrogens (tertiary/aromatic N) is 2. The van der Waals surface area contributed by atoms with Crippen molar-refractivity contribution in [2.75, 3.05) is 16.2 Å². The van der Waals surface area contributed by atoms with Gasteiger partial charge in [-0.05, 0) is 12.1 Å². The Morgan fingerprint density at radius 2 is 1.47 bits per heavy atom. The number of benzene rings is 1. The average molecular weight is 231 g/mol. The van der Waals surface area contributed by atoms with Crippen LogP contribution in [0.5, 0.6) is 0 Å². The first-order chi connectivity index (χ1) is 8.31. The molecule has 2 rings (SSSR count). The molecular formula is C10H13N7. The third-order valence-electron chi connectivity index (χ3n) is 2.05. The molecule has 0 unspecified atom stereocenters. The zero-order valence-electron chi connectivity index (χ0n) is 9.01. The minimum atomic E-state index is 0.402. The minimum Gasteiger partial charge on any atom is -0.324 e. The predicted molar refractivity (Wildman–Crippen MR) is 67.4 cm³/mol. The number of anilines is 4. The molecule has 0 saturated heterocycles. The lowest BCUT2D eigenvalue weighted by Gasteiger charge is -2.08. The molecule has 0 atom stereocenters. The van der Waals surface area contributed by atoms with Crippen LogP contribution in [0.2, 0.25) is 0 Å². The van der Waals surface area contributed by atoms with E-state index in [0.717, 1.165) is 5.69 Å². The Hall–Kier alpha value is -2.38. The quantitative estimate of drug-likeness (QED) is 0.390. The molecule has 0 saturated carbocycles. The summed E-state index contributed by atoms with van der Waals surface area (Å²) in [7, 11) is 0. The molecule has 0 radical (unpaired) electrons. The normalized spacial score (nSPS) is 9.76. The van der Waals surface area contributed by atoms with E-state index in [0.29, 0.717) is 17.6 Å². The van der Waals surface area contributed by atoms with Crippen LogP contribution in [0.4, 0.5) is 23.3 Å². The van der Waals surface area contributed by atoms with Gasteiger partial charge in [0.15, 0.2) is 0 Å². The number of nitrogens with one attached hydrogen (secondary N) is 3. The van der Waals surface area contributed by atoms with Crippen LogP contribution >= 0.6 is 0 Å². The van der Waals surface area contributed by atoms with Gasteiger partial charge in [0.05, 0.1) is 0 Å². The highest BCUT2D eigenvalue weighted by Gasteiger charge is 2.03. The standard InChI is InChI=1S/C10H13N7/c11-16-8-6-9(17-12)15-10(14-8)13-7-4-2-1-3-5-7/h1-6H,11-12H2,(H3,13,14,15,16,17). The molecule has 0 aliphatic heterocycles. The summed E-state index contributed by atoms with van der Waals surface area (Å²) in [4.78, 5) is 8.28. The highest BCUT2D eigenvalue weighted by molar-refractivity contribution is 5.58. The predicted octanol–water partition coefficient (Wildman–Crippen LogP) is 0.791. The summed E-state index contributed by atoms with van der Waals surface area (Å²) >= 11 is 0. The molecule has 2 aromatic rings. The minimum absolute atomic E-state index is 0.402. The molecule has 17 heavy (non-hydrogen) atoms. The van der Waals surface area contributed by atoms with Crippen molar-refractivity contribution in [3.63, 3.8) is 0 Å². The molecule has 1 aromatic carbocycles. The summed E-state index contributed by atoms with van der Waals surface area (Å²) in [6, 6.07) is 11.2. The van der Waals surface area contributed by atoms with Crippen LogP contribution in [0.15, 0.2) is 36.4 Å². The van der Waals surface area contributed by atoms with E-state index in [1.807, 2.05) is 30.3 Å². The number of para-hydroxylation sites is 1. The SMILES string of the molecule is NNc1cc(NN)nc(Nc2ccccc2)n1. The second-order valence-corrected chi connectivity index (χ2v) is 3.24. The molecular weight excluding hydrogens is 218 g/mol. The maximum atomic E-state index is 5.30. The van der Waals surface area contributed by atoms with Gasteiger partial charge in [-0.3, -0.25) is 0 Å². The summed E-state index contributed by atoms with van der Waals surface area (Å²) in [6.07, 6.45) is 0. The third kappa shape index (κ3) is 2.80. The molecule has 7 nitrogen and oxygen atoms in total. The van der Waals surface area contributed by atoms with E-state index in [2.05, 4.69) is 26.1 Å². The molecule has 1 aromatic heterocycles. The fraction of sp³-hybridized carbons (Fsp3) is 0. The number of hydrogen-bond donors (Lipinski definition) is 5. The van der Waals surface area contributed by atoms with Crippen molar-refractivity contribution in [1.82, 2.24) is 9.97 Å². The highest BCUT2D eigenvalue weighted by atomic mass is 15.3. The van der Waals surface area contributed by atoms with Gasteiger partial charge in [0.2, 0.25) is 5.95 Å². The summed E-state index contributed by atoms with van der Waals surface area (Å²) in [5.41, 5.74) is 5.76. The lowest BCUT2D eigenvalue weighted by molar-refractivity contribution is 1.12. The van der Waals surface area contributed by atoms with Crippen molar-refractivity contribution in [2.24, 2.45) is 11.7 Å². The molecule has 0 bridgehead atoms. The summed E-state index contributed by atoms with van der Waals surface area (Å²) < 4.78 is 0. The summed E-state index contributed by atoms with van der Waals surface area (Å²) in [5, 5.41) is 3.04. The van der Waals surface area contributed by atoms with Crippen LogP contribution < -0.4 is 27.9 Å². The van der Waals surface area contributed by atoms with Crippen molar-refractivity contribution in [3.05, 3.63) is 36.4 Å². The van der Waals surface area contributed by atoms with Gasteiger partial charge in [-0.2, -0.15) is 9.97 Å². The van der Waals surface area contributed by atoms with E-state index in [9.17, 15) is 0 Å². The number of nitrogens with two attached hydrogens (primary N) is 2. The van der Waals surface area contributed by atoms with Gasteiger partial charge in [-0.25, -0.2) is 11.7 Å². The Kier molecular flexibility index (Phi) is 3.34. The topological polar surface area (TPSA) is 114 Å². The van der Waals surface area contributed by atoms with Gasteiger partial charge in [0.1, 0.15) is 11.6 Å². The second kappa shape index (κ2) is 5.10. The molecule has 7 N–H and O–H groups in total. The number of hydrogen-bond acceptors (Lipinski definition) is 7. The van der Waals surface area contributed by atoms with Gasteiger partial charge in [-0.15, -0.1) is 0 Å². The number of nitrogen functional groups attached to an aromatic ring is 2. The highest BCUT2D eigenvalue weighted by Crippen LogP contribution is 2.16. The van der Waals surface area contributed by atoms with E-state index < -0.39 is 0 Å². The molecule has 0 aliphatic carbocycles. The van der Waals surface area contributed by atoms with E-state index >= 15 is 0 Å². The monoisotopic (exact) mass is 231 g/mol.